The standard InChI is InChI=1S/C45H52F2N6O7S2/c1-25(2)35-24-61-41(50-35)34-21-38(30-14-16-37(59-5)26(3)39(30)49-34)60-29-20-36-40(54)51-45(43(56)52-62(57,58)44(4)17-18-44)22-27(45)11-9-7-6-8-10-12-33(42(55)53(36)23-29)48-28-13-15-31(46)32(47)19-28/h9,11,13-16,19,21,24-25,27,29,33,36,48H,6-8,10,12,17-18,20,22-23H2,1-5H3,(H,51,54)(H,52,56)/b11-9-/t27-,29-,33+,36+,45-/m1/s1. The van der Waals surface area contributed by atoms with Crippen molar-refractivity contribution in [1.82, 2.24) is 24.9 Å². The van der Waals surface area contributed by atoms with Gasteiger partial charge in [0.05, 0.1) is 29.6 Å². The molecule has 2 aromatic carbocycles. The van der Waals surface area contributed by atoms with Crippen molar-refractivity contribution in [1.29, 1.82) is 0 Å². The van der Waals surface area contributed by atoms with Crippen molar-refractivity contribution in [3.63, 3.8) is 0 Å². The summed E-state index contributed by atoms with van der Waals surface area (Å²) >= 11 is 1.46. The van der Waals surface area contributed by atoms with Crippen molar-refractivity contribution in [2.24, 2.45) is 5.92 Å². The molecule has 4 heterocycles. The number of aryl methyl sites for hydroxylation is 1. The van der Waals surface area contributed by atoms with Gasteiger partial charge in [0, 0.05) is 46.5 Å². The fourth-order valence-corrected chi connectivity index (χ4v) is 10.6. The molecule has 17 heteroatoms. The lowest BCUT2D eigenvalue weighted by Crippen LogP contribution is -2.58. The molecule has 0 unspecified atom stereocenters. The van der Waals surface area contributed by atoms with Crippen molar-refractivity contribution in [3.05, 3.63) is 76.8 Å². The second-order valence-corrected chi connectivity index (χ2v) is 20.6. The Labute approximate surface area is 364 Å². The predicted molar refractivity (Wildman–Crippen MR) is 232 cm³/mol. The van der Waals surface area contributed by atoms with Gasteiger partial charge in [-0.2, -0.15) is 0 Å². The van der Waals surface area contributed by atoms with E-state index in [1.165, 1.54) is 22.3 Å². The molecule has 5 atom stereocenters. The summed E-state index contributed by atoms with van der Waals surface area (Å²) in [5, 5.41) is 9.39. The smallest absolute Gasteiger partial charge is 0.259 e. The van der Waals surface area contributed by atoms with Crippen LogP contribution in [0.1, 0.15) is 95.7 Å². The fourth-order valence-electron chi connectivity index (χ4n) is 8.39. The highest BCUT2D eigenvalue weighted by Gasteiger charge is 2.63. The molecule has 0 spiro atoms. The molecule has 2 aromatic heterocycles. The number of pyridine rings is 1. The van der Waals surface area contributed by atoms with Crippen molar-refractivity contribution < 1.29 is 41.1 Å². The number of hydrogen-bond acceptors (Lipinski definition) is 11. The van der Waals surface area contributed by atoms with E-state index < -0.39 is 73.8 Å². The van der Waals surface area contributed by atoms with E-state index in [1.54, 1.807) is 14.0 Å². The van der Waals surface area contributed by atoms with Crippen LogP contribution < -0.4 is 24.8 Å². The molecule has 62 heavy (non-hydrogen) atoms. The van der Waals surface area contributed by atoms with Gasteiger partial charge in [0.15, 0.2) is 11.6 Å². The highest BCUT2D eigenvalue weighted by atomic mass is 32.2. The Morgan fingerprint density at radius 3 is 2.55 bits per heavy atom. The van der Waals surface area contributed by atoms with E-state index in [2.05, 4.69) is 29.2 Å². The Balaban J connectivity index is 1.16. The number of thiazole rings is 1. The Bertz CT molecular complexity index is 2560. The minimum atomic E-state index is -4.03. The number of carbonyl (C=O) groups excluding carboxylic acids is 3. The van der Waals surface area contributed by atoms with Crippen LogP contribution in [-0.4, -0.2) is 83.1 Å². The van der Waals surface area contributed by atoms with E-state index in [0.717, 1.165) is 36.2 Å². The van der Waals surface area contributed by atoms with E-state index in [9.17, 15) is 31.6 Å². The maximum Gasteiger partial charge on any atom is 0.259 e. The lowest BCUT2D eigenvalue weighted by Gasteiger charge is -2.30. The van der Waals surface area contributed by atoms with Crippen LogP contribution in [0, 0.1) is 24.5 Å². The number of hydrogen-bond donors (Lipinski definition) is 3. The van der Waals surface area contributed by atoms with E-state index >= 15 is 0 Å². The van der Waals surface area contributed by atoms with Crippen LogP contribution in [0.5, 0.6) is 11.5 Å². The molecule has 3 N–H and O–H groups in total. The summed E-state index contributed by atoms with van der Waals surface area (Å²) in [7, 11) is -2.44. The van der Waals surface area contributed by atoms with Crippen LogP contribution in [0.25, 0.3) is 21.6 Å². The van der Waals surface area contributed by atoms with E-state index in [-0.39, 0.29) is 31.0 Å². The lowest BCUT2D eigenvalue weighted by molar-refractivity contribution is -0.140. The number of methoxy groups -OCH3 is 1. The zero-order valence-corrected chi connectivity index (χ0v) is 37.1. The van der Waals surface area contributed by atoms with Gasteiger partial charge in [0.25, 0.3) is 5.91 Å². The molecule has 13 nitrogen and oxygen atoms in total. The number of nitrogens with one attached hydrogen (secondary N) is 3. The maximum absolute atomic E-state index is 14.9. The largest absolute Gasteiger partial charge is 0.496 e. The highest BCUT2D eigenvalue weighted by Crippen LogP contribution is 2.48. The molecule has 3 amide bonds. The first-order valence-corrected chi connectivity index (χ1v) is 23.6. The molecule has 0 radical (unpaired) electrons. The number of rotatable bonds is 10. The quantitative estimate of drug-likeness (QED) is 0.138. The topological polar surface area (TPSA) is 169 Å². The number of benzene rings is 2. The highest BCUT2D eigenvalue weighted by molar-refractivity contribution is 7.91. The molecule has 8 rings (SSSR count). The lowest BCUT2D eigenvalue weighted by atomic mass is 10.0. The van der Waals surface area contributed by atoms with Gasteiger partial charge in [-0.1, -0.05) is 38.8 Å². The third-order valence-corrected chi connectivity index (χ3v) is 15.8. The van der Waals surface area contributed by atoms with Crippen LogP contribution in [0.4, 0.5) is 14.5 Å². The van der Waals surface area contributed by atoms with E-state index in [0.29, 0.717) is 65.2 Å². The van der Waals surface area contributed by atoms with Crippen LogP contribution in [0.15, 0.2) is 53.9 Å². The van der Waals surface area contributed by atoms with Crippen LogP contribution >= 0.6 is 11.3 Å². The van der Waals surface area contributed by atoms with Crippen molar-refractivity contribution >= 4 is 55.7 Å². The number of amides is 3. The number of anilines is 1. The maximum atomic E-state index is 14.9. The summed E-state index contributed by atoms with van der Waals surface area (Å²) < 4.78 is 68.6. The number of aromatic nitrogens is 2. The average Bonchev–Trinajstić information content (AvgIpc) is 4.00. The first-order valence-electron chi connectivity index (χ1n) is 21.2. The van der Waals surface area contributed by atoms with Gasteiger partial charge in [-0.3, -0.25) is 19.1 Å². The molecule has 4 aromatic rings. The third kappa shape index (κ3) is 8.49. The number of sulfonamides is 1. The van der Waals surface area contributed by atoms with Crippen LogP contribution in [0.2, 0.25) is 0 Å². The van der Waals surface area contributed by atoms with Gasteiger partial charge >= 0.3 is 0 Å². The fraction of sp³-hybridized carbons (Fsp3) is 0.489. The minimum Gasteiger partial charge on any atom is -0.496 e. The average molecular weight is 891 g/mol. The van der Waals surface area contributed by atoms with Gasteiger partial charge in [-0.25, -0.2) is 27.2 Å². The van der Waals surface area contributed by atoms with E-state index in [1.807, 2.05) is 42.7 Å². The molecule has 3 fully saturated rings. The first kappa shape index (κ1) is 43.5. The SMILES string of the molecule is COc1ccc2c(O[C@@H]3C[C@H]4C(=O)N[C@]5(C(=O)NS(=O)(=O)C6(C)CC6)C[C@H]5/C=C\CCCCC[C@H](Nc5ccc(F)c(F)c5)C(=O)N4C3)cc(-c3nc(C(C)C)cs3)nc2c1C. The third-order valence-electron chi connectivity index (χ3n) is 12.7. The summed E-state index contributed by atoms with van der Waals surface area (Å²) in [4.78, 5) is 54.9. The Morgan fingerprint density at radius 2 is 1.84 bits per heavy atom. The monoisotopic (exact) mass is 890 g/mol. The number of carbonyl (C=O) groups is 3. The number of halogens is 2. The molecule has 0 bridgehead atoms. The van der Waals surface area contributed by atoms with Crippen LogP contribution in [0.3, 0.4) is 0 Å². The first-order chi connectivity index (χ1) is 29.5. The number of allylic oxidation sites excluding steroid dienone is 1. The number of ether oxygens (including phenoxy) is 2. The summed E-state index contributed by atoms with van der Waals surface area (Å²) in [5.41, 5.74) is 1.56. The molecular formula is C45H52F2N6O7S2. The Kier molecular flexibility index (Phi) is 11.8. The van der Waals surface area contributed by atoms with Crippen LogP contribution in [-0.2, 0) is 24.4 Å². The minimum absolute atomic E-state index is 0.0209. The van der Waals surface area contributed by atoms with Gasteiger partial charge in [0.2, 0.25) is 21.8 Å². The Morgan fingerprint density at radius 1 is 1.05 bits per heavy atom. The Hall–Kier alpha value is -5.16. The molecule has 2 saturated carbocycles. The van der Waals surface area contributed by atoms with Crippen molar-refractivity contribution in [3.8, 4) is 22.2 Å². The normalized spacial score (nSPS) is 25.5. The molecule has 1 saturated heterocycles. The van der Waals surface area contributed by atoms with Crippen molar-refractivity contribution in [2.75, 3.05) is 19.0 Å². The molecule has 2 aliphatic carbocycles. The zero-order chi connectivity index (χ0) is 44.1. The van der Waals surface area contributed by atoms with Gasteiger partial charge < -0.3 is 25.0 Å². The number of fused-ring (bicyclic) bond motifs is 3. The molecule has 4 aliphatic rings. The second kappa shape index (κ2) is 16.8. The van der Waals surface area contributed by atoms with Gasteiger partial charge in [0.1, 0.15) is 45.9 Å². The molecule has 330 valence electrons. The molecular weight excluding hydrogens is 839 g/mol. The summed E-state index contributed by atoms with van der Waals surface area (Å²) in [6, 6.07) is 6.72. The predicted octanol–water partition coefficient (Wildman–Crippen LogP) is 7.30. The van der Waals surface area contributed by atoms with Gasteiger partial charge in [-0.15, -0.1) is 11.3 Å². The van der Waals surface area contributed by atoms with Crippen molar-refractivity contribution in [2.45, 2.75) is 120 Å². The summed E-state index contributed by atoms with van der Waals surface area (Å²) in [6.07, 6.45) is 7.22. The van der Waals surface area contributed by atoms with E-state index in [4.69, 9.17) is 19.4 Å². The number of nitrogens with zero attached hydrogens (tertiary/aromatic N) is 3. The zero-order valence-electron chi connectivity index (χ0n) is 35.4. The second-order valence-electron chi connectivity index (χ2n) is 17.6. The van der Waals surface area contributed by atoms with Gasteiger partial charge in [-0.05, 0) is 82.6 Å². The molecule has 2 aliphatic heterocycles. The summed E-state index contributed by atoms with van der Waals surface area (Å²) in [6.45, 7) is 7.58. The summed E-state index contributed by atoms with van der Waals surface area (Å²) in [5.74, 6) is -3.21.